The predicted molar refractivity (Wildman–Crippen MR) is 75.9 cm³/mol. The second kappa shape index (κ2) is 8.53. The van der Waals surface area contributed by atoms with Crippen LogP contribution >= 0.6 is 27.5 Å². The molecule has 0 aromatic rings. The second-order valence-electron chi connectivity index (χ2n) is 4.20. The first-order valence-corrected chi connectivity index (χ1v) is 7.78. The standard InChI is InChI=1S/C12H17BrClNO4/c1-2-18-12(17)11(10(16)7-13)15-19-9-5-3-8(14)4-6-9/h8-9H,2-7H2,1H3/b15-11+. The van der Waals surface area contributed by atoms with Crippen molar-refractivity contribution in [2.24, 2.45) is 5.16 Å². The summed E-state index contributed by atoms with van der Waals surface area (Å²) in [4.78, 5) is 28.4. The van der Waals surface area contributed by atoms with Crippen molar-refractivity contribution in [3.05, 3.63) is 0 Å². The number of hydrogen-bond acceptors (Lipinski definition) is 5. The van der Waals surface area contributed by atoms with E-state index in [1.54, 1.807) is 6.92 Å². The topological polar surface area (TPSA) is 65.0 Å². The lowest BCUT2D eigenvalue weighted by molar-refractivity contribution is -0.136. The normalized spacial score (nSPS) is 23.8. The molecule has 1 fully saturated rings. The maximum absolute atomic E-state index is 11.6. The quantitative estimate of drug-likeness (QED) is 0.242. The first kappa shape index (κ1) is 16.4. The highest BCUT2D eigenvalue weighted by atomic mass is 79.9. The summed E-state index contributed by atoms with van der Waals surface area (Å²) in [5.74, 6) is -1.21. The number of ether oxygens (including phenoxy) is 1. The zero-order chi connectivity index (χ0) is 14.3. The molecule has 0 bridgehead atoms. The molecule has 0 N–H and O–H groups in total. The highest BCUT2D eigenvalue weighted by Gasteiger charge is 2.24. The van der Waals surface area contributed by atoms with Crippen LogP contribution in [0.3, 0.4) is 0 Å². The summed E-state index contributed by atoms with van der Waals surface area (Å²) in [7, 11) is 0. The number of esters is 1. The molecule has 1 aliphatic carbocycles. The van der Waals surface area contributed by atoms with Gasteiger partial charge in [0.05, 0.1) is 11.9 Å². The second-order valence-corrected chi connectivity index (χ2v) is 5.37. The van der Waals surface area contributed by atoms with Crippen LogP contribution in [0.4, 0.5) is 0 Å². The summed E-state index contributed by atoms with van der Waals surface area (Å²) in [5, 5.41) is 3.86. The molecule has 0 heterocycles. The predicted octanol–water partition coefficient (Wildman–Crippen LogP) is 2.44. The summed E-state index contributed by atoms with van der Waals surface area (Å²) >= 11 is 8.98. The van der Waals surface area contributed by atoms with Crippen molar-refractivity contribution in [1.29, 1.82) is 0 Å². The van der Waals surface area contributed by atoms with E-state index in [0.717, 1.165) is 25.7 Å². The average Bonchev–Trinajstić information content (AvgIpc) is 2.41. The molecule has 19 heavy (non-hydrogen) atoms. The number of nitrogens with zero attached hydrogens (tertiary/aromatic N) is 1. The molecular formula is C12H17BrClNO4. The molecule has 0 aromatic heterocycles. The highest BCUT2D eigenvalue weighted by molar-refractivity contribution is 9.09. The summed E-state index contributed by atoms with van der Waals surface area (Å²) < 4.78 is 4.77. The molecule has 0 saturated heterocycles. The van der Waals surface area contributed by atoms with Crippen molar-refractivity contribution in [3.8, 4) is 0 Å². The van der Waals surface area contributed by atoms with Crippen LogP contribution in [0.2, 0.25) is 0 Å². The first-order valence-electron chi connectivity index (χ1n) is 6.22. The van der Waals surface area contributed by atoms with Crippen molar-refractivity contribution < 1.29 is 19.2 Å². The average molecular weight is 355 g/mol. The molecule has 1 aliphatic rings. The smallest absolute Gasteiger partial charge is 0.364 e. The lowest BCUT2D eigenvalue weighted by Crippen LogP contribution is -2.29. The van der Waals surface area contributed by atoms with Crippen LogP contribution in [0.25, 0.3) is 0 Å². The fraction of sp³-hybridized carbons (Fsp3) is 0.750. The third kappa shape index (κ3) is 5.48. The van der Waals surface area contributed by atoms with Gasteiger partial charge in [-0.1, -0.05) is 21.1 Å². The number of halogens is 2. The Balaban J connectivity index is 2.61. The zero-order valence-corrected chi connectivity index (χ0v) is 13.1. The Bertz CT molecular complexity index is 354. The number of Topliss-reactive ketones (excluding diaryl/α,β-unsaturated/α-hetero) is 1. The molecule has 0 radical (unpaired) electrons. The Labute approximate surface area is 125 Å². The van der Waals surface area contributed by atoms with Gasteiger partial charge < -0.3 is 9.57 Å². The molecule has 7 heteroatoms. The molecule has 0 spiro atoms. The van der Waals surface area contributed by atoms with Crippen LogP contribution in [0.15, 0.2) is 5.16 Å². The molecule has 0 atom stereocenters. The number of hydrogen-bond donors (Lipinski definition) is 0. The maximum Gasteiger partial charge on any atom is 0.364 e. The van der Waals surface area contributed by atoms with Gasteiger partial charge in [0.2, 0.25) is 11.5 Å². The molecule has 108 valence electrons. The Morgan fingerprint density at radius 1 is 1.32 bits per heavy atom. The van der Waals surface area contributed by atoms with Gasteiger partial charge in [0.1, 0.15) is 6.10 Å². The lowest BCUT2D eigenvalue weighted by Gasteiger charge is -2.23. The minimum Gasteiger partial charge on any atom is -0.461 e. The Morgan fingerprint density at radius 2 is 1.95 bits per heavy atom. The number of rotatable bonds is 6. The van der Waals surface area contributed by atoms with Crippen LogP contribution in [0.5, 0.6) is 0 Å². The van der Waals surface area contributed by atoms with E-state index in [2.05, 4.69) is 21.1 Å². The van der Waals surface area contributed by atoms with Gasteiger partial charge in [-0.15, -0.1) is 11.6 Å². The highest BCUT2D eigenvalue weighted by Crippen LogP contribution is 2.25. The van der Waals surface area contributed by atoms with E-state index in [9.17, 15) is 9.59 Å². The van der Waals surface area contributed by atoms with Crippen molar-refractivity contribution in [2.75, 3.05) is 11.9 Å². The van der Waals surface area contributed by atoms with Crippen LogP contribution in [-0.2, 0) is 19.2 Å². The summed E-state index contributed by atoms with van der Waals surface area (Å²) in [5.41, 5.74) is -0.299. The van der Waals surface area contributed by atoms with Gasteiger partial charge in [0.25, 0.3) is 0 Å². The van der Waals surface area contributed by atoms with Gasteiger partial charge in [-0.2, -0.15) is 0 Å². The minimum atomic E-state index is -0.752. The SMILES string of the molecule is CCOC(=O)/C(=N/OC1CCC(Cl)CC1)C(=O)CBr. The fourth-order valence-corrected chi connectivity index (χ4v) is 2.24. The largest absolute Gasteiger partial charge is 0.461 e. The van der Waals surface area contributed by atoms with Crippen molar-refractivity contribution in [1.82, 2.24) is 0 Å². The van der Waals surface area contributed by atoms with Crippen molar-refractivity contribution >= 4 is 45.0 Å². The summed E-state index contributed by atoms with van der Waals surface area (Å²) in [6, 6.07) is 0. The number of alkyl halides is 2. The maximum atomic E-state index is 11.6. The molecule has 0 aliphatic heterocycles. The van der Waals surface area contributed by atoms with Crippen LogP contribution in [-0.4, -0.2) is 40.9 Å². The molecule has 0 aromatic carbocycles. The minimum absolute atomic E-state index is 0.00241. The van der Waals surface area contributed by atoms with E-state index in [1.165, 1.54) is 0 Å². The number of carbonyl (C=O) groups is 2. The van der Waals surface area contributed by atoms with E-state index in [1.807, 2.05) is 0 Å². The van der Waals surface area contributed by atoms with Crippen LogP contribution < -0.4 is 0 Å². The van der Waals surface area contributed by atoms with Gasteiger partial charge in [0, 0.05) is 5.38 Å². The third-order valence-electron chi connectivity index (χ3n) is 2.75. The number of oxime groups is 1. The summed E-state index contributed by atoms with van der Waals surface area (Å²) in [6.07, 6.45) is 3.15. The van der Waals surface area contributed by atoms with Crippen molar-refractivity contribution in [2.45, 2.75) is 44.1 Å². The first-order chi connectivity index (χ1) is 9.08. The Kier molecular flexibility index (Phi) is 7.38. The van der Waals surface area contributed by atoms with E-state index >= 15 is 0 Å². The number of ketones is 1. The van der Waals surface area contributed by atoms with E-state index in [4.69, 9.17) is 21.2 Å². The van der Waals surface area contributed by atoms with Gasteiger partial charge in [-0.05, 0) is 32.6 Å². The monoisotopic (exact) mass is 353 g/mol. The molecule has 1 rings (SSSR count). The van der Waals surface area contributed by atoms with Gasteiger partial charge >= 0.3 is 5.97 Å². The lowest BCUT2D eigenvalue weighted by atomic mass is 9.97. The summed E-state index contributed by atoms with van der Waals surface area (Å²) in [6.45, 7) is 1.85. The Hall–Kier alpha value is -0.620. The Morgan fingerprint density at radius 3 is 2.47 bits per heavy atom. The van der Waals surface area contributed by atoms with Gasteiger partial charge in [0.15, 0.2) is 0 Å². The van der Waals surface area contributed by atoms with Crippen LogP contribution in [0.1, 0.15) is 32.6 Å². The van der Waals surface area contributed by atoms with Gasteiger partial charge in [-0.3, -0.25) is 4.79 Å². The van der Waals surface area contributed by atoms with Crippen LogP contribution in [0, 0.1) is 0 Å². The van der Waals surface area contributed by atoms with E-state index in [0.29, 0.717) is 0 Å². The fourth-order valence-electron chi connectivity index (χ4n) is 1.72. The van der Waals surface area contributed by atoms with E-state index < -0.39 is 11.8 Å². The van der Waals surface area contributed by atoms with Crippen molar-refractivity contribution in [3.63, 3.8) is 0 Å². The number of carbonyl (C=O) groups excluding carboxylic acids is 2. The molecule has 0 unspecified atom stereocenters. The molecular weight excluding hydrogens is 337 g/mol. The zero-order valence-electron chi connectivity index (χ0n) is 10.7. The third-order valence-corrected chi connectivity index (χ3v) is 3.70. The molecule has 1 saturated carbocycles. The van der Waals surface area contributed by atoms with E-state index in [-0.39, 0.29) is 29.1 Å². The molecule has 5 nitrogen and oxygen atoms in total. The van der Waals surface area contributed by atoms with Gasteiger partial charge in [-0.25, -0.2) is 4.79 Å². The molecule has 0 amide bonds.